The zero-order valence-corrected chi connectivity index (χ0v) is 64.3. The summed E-state index contributed by atoms with van der Waals surface area (Å²) in [6, 6.07) is 0. The zero-order valence-electron chi connectivity index (χ0n) is 62.5. The van der Waals surface area contributed by atoms with Gasteiger partial charge in [-0.15, -0.1) is 0 Å². The van der Waals surface area contributed by atoms with Gasteiger partial charge in [0.2, 0.25) is 0 Å². The van der Waals surface area contributed by atoms with E-state index in [9.17, 15) is 43.2 Å². The first kappa shape index (κ1) is 94.1. The van der Waals surface area contributed by atoms with Crippen molar-refractivity contribution in [2.45, 2.75) is 425 Å². The number of aliphatic hydroxyl groups is 1. The molecule has 570 valence electrons. The van der Waals surface area contributed by atoms with E-state index in [-0.39, 0.29) is 25.7 Å². The summed E-state index contributed by atoms with van der Waals surface area (Å²) in [7, 11) is -9.91. The van der Waals surface area contributed by atoms with Crippen molar-refractivity contribution in [3.05, 3.63) is 0 Å². The summed E-state index contributed by atoms with van der Waals surface area (Å²) >= 11 is 0. The van der Waals surface area contributed by atoms with Crippen LogP contribution in [0.15, 0.2) is 0 Å². The number of hydrogen-bond donors (Lipinski definition) is 3. The van der Waals surface area contributed by atoms with Crippen molar-refractivity contribution in [3.63, 3.8) is 0 Å². The lowest BCUT2D eigenvalue weighted by Gasteiger charge is -2.21. The van der Waals surface area contributed by atoms with Crippen molar-refractivity contribution in [1.82, 2.24) is 0 Å². The lowest BCUT2D eigenvalue weighted by atomic mass is 10.0. The van der Waals surface area contributed by atoms with Crippen LogP contribution in [0.4, 0.5) is 0 Å². The highest BCUT2D eigenvalue weighted by atomic mass is 31.2. The third kappa shape index (κ3) is 70.5. The van der Waals surface area contributed by atoms with Gasteiger partial charge in [-0.1, -0.05) is 356 Å². The number of carbonyl (C=O) groups excluding carboxylic acids is 4. The summed E-state index contributed by atoms with van der Waals surface area (Å²) in [6.45, 7) is 7.28. The average Bonchev–Trinajstić information content (AvgIpc) is 2.21. The molecule has 0 aliphatic rings. The summed E-state index contributed by atoms with van der Waals surface area (Å²) in [5.41, 5.74) is 0. The maximum Gasteiger partial charge on any atom is 0.472 e. The molecule has 0 saturated carbocycles. The highest BCUT2D eigenvalue weighted by Crippen LogP contribution is 2.45. The van der Waals surface area contributed by atoms with Crippen molar-refractivity contribution in [2.24, 2.45) is 5.92 Å². The van der Waals surface area contributed by atoms with E-state index in [2.05, 4.69) is 34.6 Å². The summed E-state index contributed by atoms with van der Waals surface area (Å²) in [5, 5.41) is 10.6. The molecule has 0 rings (SSSR count). The Morgan fingerprint density at radius 1 is 0.281 bits per heavy atom. The first-order chi connectivity index (χ1) is 46.5. The molecule has 0 bridgehead atoms. The van der Waals surface area contributed by atoms with E-state index in [1.165, 1.54) is 231 Å². The number of rotatable bonds is 77. The minimum Gasteiger partial charge on any atom is -0.462 e. The quantitative estimate of drug-likeness (QED) is 0.0222. The number of carbonyl (C=O) groups is 4. The van der Waals surface area contributed by atoms with Crippen LogP contribution in [0.25, 0.3) is 0 Å². The Morgan fingerprint density at radius 3 is 0.708 bits per heavy atom. The molecule has 2 unspecified atom stereocenters. The SMILES string of the molecule is CCCCCCCCCCCCCCCCCCCCCCC(=O)O[C@H](COC(=O)CCCCCCCCCCCC(C)C)COP(=O)(O)OC[C@@H](O)COP(=O)(O)OC[C@@H](COC(=O)CCCCCCCCCCCCCC)OC(=O)CCCCCCCCCCCCCC. The highest BCUT2D eigenvalue weighted by Gasteiger charge is 2.30. The van der Waals surface area contributed by atoms with Gasteiger partial charge in [0.1, 0.15) is 19.3 Å². The molecule has 0 heterocycles. The van der Waals surface area contributed by atoms with E-state index >= 15 is 0 Å². The van der Waals surface area contributed by atoms with E-state index in [1.54, 1.807) is 0 Å². The van der Waals surface area contributed by atoms with Gasteiger partial charge in [0.15, 0.2) is 12.2 Å². The molecule has 19 heteroatoms. The standard InChI is InChI=1S/C77H150O17P2/c1-6-9-12-15-18-21-24-27-28-29-30-31-32-33-34-37-42-48-53-58-63-77(82)94-73(67-88-75(80)61-56-51-46-43-38-39-44-49-54-59-70(4)5)69-92-96(85,86)90-65-71(78)64-89-95(83,84)91-68-72(93-76(81)62-57-52-47-41-36-26-23-20-17-14-11-8-3)66-87-74(79)60-55-50-45-40-35-25-22-19-16-13-10-7-2/h70-73,78H,6-69H2,1-5H3,(H,83,84)(H,85,86)/t71-,72+,73+/m0/s1. The lowest BCUT2D eigenvalue weighted by molar-refractivity contribution is -0.161. The molecule has 3 N–H and O–H groups in total. The second-order valence-electron chi connectivity index (χ2n) is 28.2. The molecule has 0 fully saturated rings. The lowest BCUT2D eigenvalue weighted by Crippen LogP contribution is -2.30. The van der Waals surface area contributed by atoms with E-state index in [4.69, 9.17) is 37.0 Å². The van der Waals surface area contributed by atoms with Crippen molar-refractivity contribution in [2.75, 3.05) is 39.6 Å². The van der Waals surface area contributed by atoms with Gasteiger partial charge in [-0.2, -0.15) is 0 Å². The smallest absolute Gasteiger partial charge is 0.462 e. The summed E-state index contributed by atoms with van der Waals surface area (Å²) in [5.74, 6) is -1.37. The maximum absolute atomic E-state index is 13.1. The van der Waals surface area contributed by atoms with Crippen LogP contribution in [0.5, 0.6) is 0 Å². The Labute approximate surface area is 588 Å². The van der Waals surface area contributed by atoms with E-state index in [0.717, 1.165) is 95.8 Å². The second-order valence-corrected chi connectivity index (χ2v) is 31.1. The number of unbranched alkanes of at least 4 members (excludes halogenated alkanes) is 49. The second kappa shape index (κ2) is 70.1. The summed E-state index contributed by atoms with van der Waals surface area (Å²) < 4.78 is 68.6. The molecule has 0 aromatic rings. The van der Waals surface area contributed by atoms with Gasteiger partial charge < -0.3 is 33.8 Å². The Morgan fingerprint density at radius 2 is 0.479 bits per heavy atom. The molecule has 0 radical (unpaired) electrons. The topological polar surface area (TPSA) is 237 Å². The number of esters is 4. The maximum atomic E-state index is 13.1. The largest absolute Gasteiger partial charge is 0.472 e. The molecule has 0 spiro atoms. The van der Waals surface area contributed by atoms with E-state index in [1.807, 2.05) is 0 Å². The molecular formula is C77H150O17P2. The van der Waals surface area contributed by atoms with Crippen molar-refractivity contribution >= 4 is 39.5 Å². The van der Waals surface area contributed by atoms with Crippen LogP contribution in [0.2, 0.25) is 0 Å². The normalized spacial score (nSPS) is 13.9. The number of phosphoric ester groups is 2. The fraction of sp³-hybridized carbons (Fsp3) is 0.948. The number of ether oxygens (including phenoxy) is 4. The highest BCUT2D eigenvalue weighted by molar-refractivity contribution is 7.47. The minimum atomic E-state index is -4.96. The minimum absolute atomic E-state index is 0.108. The fourth-order valence-corrected chi connectivity index (χ4v) is 13.5. The molecule has 0 aromatic carbocycles. The molecule has 0 aliphatic heterocycles. The monoisotopic (exact) mass is 1410 g/mol. The molecule has 0 amide bonds. The van der Waals surface area contributed by atoms with E-state index < -0.39 is 97.5 Å². The van der Waals surface area contributed by atoms with Gasteiger partial charge in [0.25, 0.3) is 0 Å². The predicted molar refractivity (Wildman–Crippen MR) is 391 cm³/mol. The number of phosphoric acid groups is 2. The van der Waals surface area contributed by atoms with Crippen LogP contribution < -0.4 is 0 Å². The van der Waals surface area contributed by atoms with Gasteiger partial charge in [0.05, 0.1) is 26.4 Å². The number of aliphatic hydroxyl groups excluding tert-OH is 1. The molecule has 0 aliphatic carbocycles. The molecular weight excluding hydrogens is 1260 g/mol. The van der Waals surface area contributed by atoms with Crippen LogP contribution in [-0.2, 0) is 65.4 Å². The number of hydrogen-bond acceptors (Lipinski definition) is 15. The van der Waals surface area contributed by atoms with Crippen LogP contribution in [-0.4, -0.2) is 96.7 Å². The summed E-state index contributed by atoms with van der Waals surface area (Å²) in [6.07, 6.45) is 59.6. The van der Waals surface area contributed by atoms with Crippen LogP contribution in [0.1, 0.15) is 407 Å². The Balaban J connectivity index is 5.21. The van der Waals surface area contributed by atoms with Crippen LogP contribution in [0.3, 0.4) is 0 Å². The first-order valence-corrected chi connectivity index (χ1v) is 43.1. The zero-order chi connectivity index (χ0) is 70.5. The Hall–Kier alpha value is -1.94. The van der Waals surface area contributed by atoms with Gasteiger partial charge >= 0.3 is 39.5 Å². The molecule has 5 atom stereocenters. The van der Waals surface area contributed by atoms with Gasteiger partial charge in [-0.25, -0.2) is 9.13 Å². The van der Waals surface area contributed by atoms with Crippen molar-refractivity contribution < 1.29 is 80.2 Å². The third-order valence-electron chi connectivity index (χ3n) is 18.0. The van der Waals surface area contributed by atoms with E-state index in [0.29, 0.717) is 25.7 Å². The Bertz CT molecular complexity index is 1840. The van der Waals surface area contributed by atoms with Crippen LogP contribution in [0, 0.1) is 5.92 Å². The van der Waals surface area contributed by atoms with Gasteiger partial charge in [-0.05, 0) is 31.6 Å². The predicted octanol–water partition coefficient (Wildman–Crippen LogP) is 22.9. The Kier molecular flexibility index (Phi) is 68.7. The first-order valence-electron chi connectivity index (χ1n) is 40.1. The van der Waals surface area contributed by atoms with Gasteiger partial charge in [0, 0.05) is 25.7 Å². The fourth-order valence-electron chi connectivity index (χ4n) is 11.9. The van der Waals surface area contributed by atoms with Crippen molar-refractivity contribution in [1.29, 1.82) is 0 Å². The third-order valence-corrected chi connectivity index (χ3v) is 19.9. The van der Waals surface area contributed by atoms with Gasteiger partial charge in [-0.3, -0.25) is 37.3 Å². The molecule has 96 heavy (non-hydrogen) atoms. The molecule has 0 aromatic heterocycles. The average molecular weight is 1410 g/mol. The molecule has 17 nitrogen and oxygen atoms in total. The molecule has 0 saturated heterocycles. The van der Waals surface area contributed by atoms with Crippen molar-refractivity contribution in [3.8, 4) is 0 Å². The van der Waals surface area contributed by atoms with Crippen LogP contribution >= 0.6 is 15.6 Å². The summed E-state index contributed by atoms with van der Waals surface area (Å²) in [4.78, 5) is 72.8.